The van der Waals surface area contributed by atoms with E-state index in [0.29, 0.717) is 25.7 Å². The van der Waals surface area contributed by atoms with E-state index in [-0.39, 0.29) is 5.91 Å². The van der Waals surface area contributed by atoms with Crippen LogP contribution >= 0.6 is 0 Å². The number of ether oxygens (including phenoxy) is 2. The number of nitrogens with two attached hydrogens (primary N) is 1. The Labute approximate surface area is 110 Å². The van der Waals surface area contributed by atoms with Crippen LogP contribution in [0, 0.1) is 0 Å². The van der Waals surface area contributed by atoms with Crippen molar-refractivity contribution in [3.63, 3.8) is 0 Å². The molecule has 0 fully saturated rings. The Kier molecular flexibility index (Phi) is 11.0. The maximum Gasteiger partial charge on any atom is 0.233 e. The molecule has 6 heteroatoms. The van der Waals surface area contributed by atoms with Crippen molar-refractivity contribution in [1.82, 2.24) is 10.3 Å². The Morgan fingerprint density at radius 3 is 2.56 bits per heavy atom. The molecular formula is C12H27N3O3. The third kappa shape index (κ3) is 8.41. The van der Waals surface area contributed by atoms with Gasteiger partial charge in [-0.1, -0.05) is 0 Å². The second-order valence-corrected chi connectivity index (χ2v) is 4.36. The third-order valence-electron chi connectivity index (χ3n) is 2.87. The molecule has 0 rings (SSSR count). The van der Waals surface area contributed by atoms with Gasteiger partial charge in [0.2, 0.25) is 5.91 Å². The molecule has 0 aromatic heterocycles. The predicted molar refractivity (Wildman–Crippen MR) is 71.0 cm³/mol. The molecule has 0 bridgehead atoms. The molecule has 0 aliphatic carbocycles. The van der Waals surface area contributed by atoms with E-state index < -0.39 is 0 Å². The smallest absolute Gasteiger partial charge is 0.233 e. The van der Waals surface area contributed by atoms with Crippen LogP contribution in [0.4, 0.5) is 0 Å². The normalized spacial score (nSPS) is 12.7. The molecule has 1 unspecified atom stereocenters. The highest BCUT2D eigenvalue weighted by atomic mass is 16.5. The molecule has 1 amide bonds. The summed E-state index contributed by atoms with van der Waals surface area (Å²) >= 11 is 0. The largest absolute Gasteiger partial charge is 0.383 e. The average molecular weight is 261 g/mol. The fourth-order valence-corrected chi connectivity index (χ4v) is 1.78. The molecule has 0 aliphatic rings. The van der Waals surface area contributed by atoms with Gasteiger partial charge < -0.3 is 9.47 Å². The zero-order valence-electron chi connectivity index (χ0n) is 11.8. The van der Waals surface area contributed by atoms with E-state index in [9.17, 15) is 4.79 Å². The Bertz CT molecular complexity index is 215. The summed E-state index contributed by atoms with van der Waals surface area (Å²) < 4.78 is 10.3. The minimum atomic E-state index is -0.108. The van der Waals surface area contributed by atoms with Crippen molar-refractivity contribution in [2.45, 2.75) is 32.2 Å². The van der Waals surface area contributed by atoms with Crippen molar-refractivity contribution >= 4 is 5.91 Å². The number of methoxy groups -OCH3 is 2. The topological polar surface area (TPSA) is 76.8 Å². The van der Waals surface area contributed by atoms with Crippen LogP contribution in [0.5, 0.6) is 0 Å². The van der Waals surface area contributed by atoms with Crippen LogP contribution < -0.4 is 11.3 Å². The SMILES string of the molecule is COCCN(CCCCC(=O)NN)C(C)COC. The highest BCUT2D eigenvalue weighted by molar-refractivity contribution is 5.75. The number of carbonyl (C=O) groups excluding carboxylic acids is 1. The van der Waals surface area contributed by atoms with Gasteiger partial charge in [0.25, 0.3) is 0 Å². The zero-order valence-corrected chi connectivity index (χ0v) is 11.8. The molecule has 1 atom stereocenters. The summed E-state index contributed by atoms with van der Waals surface area (Å²) in [5.74, 6) is 4.92. The first-order valence-electron chi connectivity index (χ1n) is 6.37. The predicted octanol–water partition coefficient (Wildman–Crippen LogP) is 0.130. The zero-order chi connectivity index (χ0) is 13.8. The highest BCUT2D eigenvalue weighted by Crippen LogP contribution is 2.04. The first-order chi connectivity index (χ1) is 8.65. The molecule has 3 N–H and O–H groups in total. The molecule has 0 aromatic carbocycles. The van der Waals surface area contributed by atoms with Crippen LogP contribution in [0.25, 0.3) is 0 Å². The van der Waals surface area contributed by atoms with Gasteiger partial charge in [0.1, 0.15) is 0 Å². The van der Waals surface area contributed by atoms with E-state index in [1.165, 1.54) is 0 Å². The molecule has 0 aliphatic heterocycles. The van der Waals surface area contributed by atoms with Crippen LogP contribution in [0.2, 0.25) is 0 Å². The molecule has 0 heterocycles. The lowest BCUT2D eigenvalue weighted by atomic mass is 10.2. The highest BCUT2D eigenvalue weighted by Gasteiger charge is 2.13. The van der Waals surface area contributed by atoms with Gasteiger partial charge in [0, 0.05) is 33.2 Å². The van der Waals surface area contributed by atoms with Crippen LogP contribution in [-0.2, 0) is 14.3 Å². The standard InChI is InChI=1S/C12H27N3O3/c1-11(10-18-3)15(8-9-17-2)7-5-4-6-12(16)14-13/h11H,4-10,13H2,1-3H3,(H,14,16). The molecule has 0 spiro atoms. The molecule has 108 valence electrons. The second kappa shape index (κ2) is 11.4. The molecule has 18 heavy (non-hydrogen) atoms. The van der Waals surface area contributed by atoms with Gasteiger partial charge in [0.05, 0.1) is 13.2 Å². The summed E-state index contributed by atoms with van der Waals surface area (Å²) in [7, 11) is 3.40. The number of rotatable bonds is 11. The minimum absolute atomic E-state index is 0.108. The molecule has 6 nitrogen and oxygen atoms in total. The van der Waals surface area contributed by atoms with Crippen LogP contribution in [-0.4, -0.2) is 57.4 Å². The van der Waals surface area contributed by atoms with Crippen molar-refractivity contribution in [3.8, 4) is 0 Å². The van der Waals surface area contributed by atoms with Crippen LogP contribution in [0.3, 0.4) is 0 Å². The number of hydrogen-bond acceptors (Lipinski definition) is 5. The van der Waals surface area contributed by atoms with E-state index in [1.807, 2.05) is 0 Å². The van der Waals surface area contributed by atoms with Crippen LogP contribution in [0.15, 0.2) is 0 Å². The summed E-state index contributed by atoms with van der Waals surface area (Å²) in [6, 6.07) is 0.355. The molecule has 0 saturated carbocycles. The van der Waals surface area contributed by atoms with E-state index >= 15 is 0 Å². The number of hydrazine groups is 1. The number of carbonyl (C=O) groups is 1. The first kappa shape index (κ1) is 17.3. The van der Waals surface area contributed by atoms with Gasteiger partial charge in [-0.3, -0.25) is 15.1 Å². The maximum atomic E-state index is 11.0. The lowest BCUT2D eigenvalue weighted by molar-refractivity contribution is -0.121. The summed E-state index contributed by atoms with van der Waals surface area (Å²) in [5.41, 5.74) is 2.14. The summed E-state index contributed by atoms with van der Waals surface area (Å²) in [6.45, 7) is 5.35. The number of hydrogen-bond donors (Lipinski definition) is 2. The number of nitrogens with one attached hydrogen (secondary N) is 1. The number of nitrogens with zero attached hydrogens (tertiary/aromatic N) is 1. The maximum absolute atomic E-state index is 11.0. The first-order valence-corrected chi connectivity index (χ1v) is 6.37. The lowest BCUT2D eigenvalue weighted by Gasteiger charge is -2.28. The lowest BCUT2D eigenvalue weighted by Crippen LogP contribution is -2.39. The quantitative estimate of drug-likeness (QED) is 0.239. The molecular weight excluding hydrogens is 234 g/mol. The van der Waals surface area contributed by atoms with E-state index in [2.05, 4.69) is 17.2 Å². The summed E-state index contributed by atoms with van der Waals surface area (Å²) in [5, 5.41) is 0. The van der Waals surface area contributed by atoms with Crippen molar-refractivity contribution in [2.75, 3.05) is 40.5 Å². The fraction of sp³-hybridized carbons (Fsp3) is 0.917. The van der Waals surface area contributed by atoms with Crippen molar-refractivity contribution in [3.05, 3.63) is 0 Å². The third-order valence-corrected chi connectivity index (χ3v) is 2.87. The second-order valence-electron chi connectivity index (χ2n) is 4.36. The van der Waals surface area contributed by atoms with E-state index in [1.54, 1.807) is 14.2 Å². The molecule has 0 saturated heterocycles. The minimum Gasteiger partial charge on any atom is -0.383 e. The number of unbranched alkanes of at least 4 members (excludes halogenated alkanes) is 1. The summed E-state index contributed by atoms with van der Waals surface area (Å²) in [6.07, 6.45) is 2.28. The van der Waals surface area contributed by atoms with Crippen molar-refractivity contribution in [2.24, 2.45) is 5.84 Å². The van der Waals surface area contributed by atoms with Crippen LogP contribution in [0.1, 0.15) is 26.2 Å². The van der Waals surface area contributed by atoms with E-state index in [4.69, 9.17) is 15.3 Å². The van der Waals surface area contributed by atoms with E-state index in [0.717, 1.165) is 25.9 Å². The van der Waals surface area contributed by atoms with Crippen molar-refractivity contribution < 1.29 is 14.3 Å². The summed E-state index contributed by atoms with van der Waals surface area (Å²) in [4.78, 5) is 13.3. The Hall–Kier alpha value is -0.690. The van der Waals surface area contributed by atoms with Gasteiger partial charge in [0.15, 0.2) is 0 Å². The Balaban J connectivity index is 3.88. The van der Waals surface area contributed by atoms with Gasteiger partial charge in [-0.05, 0) is 26.3 Å². The average Bonchev–Trinajstić information content (AvgIpc) is 2.37. The molecule has 0 aromatic rings. The van der Waals surface area contributed by atoms with Gasteiger partial charge in [-0.15, -0.1) is 0 Å². The van der Waals surface area contributed by atoms with Gasteiger partial charge >= 0.3 is 0 Å². The Morgan fingerprint density at radius 2 is 2.00 bits per heavy atom. The number of amides is 1. The van der Waals surface area contributed by atoms with Gasteiger partial charge in [-0.25, -0.2) is 5.84 Å². The molecule has 0 radical (unpaired) electrons. The Morgan fingerprint density at radius 1 is 1.28 bits per heavy atom. The van der Waals surface area contributed by atoms with Gasteiger partial charge in [-0.2, -0.15) is 0 Å². The van der Waals surface area contributed by atoms with Crippen molar-refractivity contribution in [1.29, 1.82) is 0 Å². The monoisotopic (exact) mass is 261 g/mol. The fourth-order valence-electron chi connectivity index (χ4n) is 1.78.